The van der Waals surface area contributed by atoms with Gasteiger partial charge in [-0.1, -0.05) is 24.6 Å². The van der Waals surface area contributed by atoms with Crippen molar-refractivity contribution >= 4 is 16.0 Å². The van der Waals surface area contributed by atoms with E-state index in [0.29, 0.717) is 23.0 Å². The van der Waals surface area contributed by atoms with Gasteiger partial charge in [0.15, 0.2) is 5.96 Å². The smallest absolute Gasteiger partial charge is 0.242 e. The van der Waals surface area contributed by atoms with Crippen molar-refractivity contribution < 1.29 is 8.42 Å². The van der Waals surface area contributed by atoms with Gasteiger partial charge in [-0.25, -0.2) is 17.7 Å². The van der Waals surface area contributed by atoms with Crippen molar-refractivity contribution in [3.05, 3.63) is 29.8 Å². The first kappa shape index (κ1) is 21.7. The molecular formula is C19H33N5O2S. The topological polar surface area (TPSA) is 77.0 Å². The first-order chi connectivity index (χ1) is 12.9. The summed E-state index contributed by atoms with van der Waals surface area (Å²) in [7, 11) is -0.396. The highest BCUT2D eigenvalue weighted by Crippen LogP contribution is 2.19. The van der Waals surface area contributed by atoms with E-state index >= 15 is 0 Å². The van der Waals surface area contributed by atoms with Crippen molar-refractivity contribution in [3.8, 4) is 0 Å². The van der Waals surface area contributed by atoms with Gasteiger partial charge in [-0.3, -0.25) is 0 Å². The van der Waals surface area contributed by atoms with Gasteiger partial charge < -0.3 is 15.5 Å². The summed E-state index contributed by atoms with van der Waals surface area (Å²) in [5.74, 6) is 0.714. The number of hydrogen-bond acceptors (Lipinski definition) is 4. The number of rotatable bonds is 8. The molecule has 1 saturated heterocycles. The molecule has 1 heterocycles. The minimum atomic E-state index is -3.48. The molecule has 0 bridgehead atoms. The summed E-state index contributed by atoms with van der Waals surface area (Å²) in [6, 6.07) is 7.04. The Balaban J connectivity index is 2.02. The Labute approximate surface area is 163 Å². The molecule has 1 aromatic carbocycles. The minimum Gasteiger partial charge on any atom is -0.357 e. The van der Waals surface area contributed by atoms with Crippen LogP contribution >= 0.6 is 0 Å². The summed E-state index contributed by atoms with van der Waals surface area (Å²) in [6.45, 7) is 7.25. The van der Waals surface area contributed by atoms with E-state index in [4.69, 9.17) is 0 Å². The molecule has 0 saturated carbocycles. The van der Waals surface area contributed by atoms with E-state index < -0.39 is 10.0 Å². The normalized spacial score (nSPS) is 16.5. The molecule has 1 aromatic rings. The number of likely N-dealkylation sites (tertiary alicyclic amines) is 1. The van der Waals surface area contributed by atoms with Crippen LogP contribution in [0.4, 0.5) is 0 Å². The Hall–Kier alpha value is -1.64. The van der Waals surface area contributed by atoms with Crippen LogP contribution in [0.3, 0.4) is 0 Å². The number of benzene rings is 1. The van der Waals surface area contributed by atoms with Crippen molar-refractivity contribution in [1.29, 1.82) is 0 Å². The molecule has 0 unspecified atom stereocenters. The van der Waals surface area contributed by atoms with Crippen LogP contribution in [0.1, 0.15) is 31.7 Å². The lowest BCUT2D eigenvalue weighted by atomic mass is 10.1. The van der Waals surface area contributed by atoms with E-state index in [1.54, 1.807) is 26.2 Å². The molecule has 0 radical (unpaired) electrons. The highest BCUT2D eigenvalue weighted by Gasteiger charge is 2.20. The summed E-state index contributed by atoms with van der Waals surface area (Å²) in [6.07, 6.45) is 3.90. The minimum absolute atomic E-state index is 0.308. The Bertz CT molecular complexity index is 713. The van der Waals surface area contributed by atoms with Crippen molar-refractivity contribution in [3.63, 3.8) is 0 Å². The van der Waals surface area contributed by atoms with E-state index in [-0.39, 0.29) is 0 Å². The molecular weight excluding hydrogens is 362 g/mol. The molecule has 0 amide bonds. The number of nitrogens with one attached hydrogen (secondary N) is 2. The van der Waals surface area contributed by atoms with Gasteiger partial charge in [-0.15, -0.1) is 0 Å². The van der Waals surface area contributed by atoms with Gasteiger partial charge >= 0.3 is 0 Å². The fourth-order valence-electron chi connectivity index (χ4n) is 3.10. The largest absolute Gasteiger partial charge is 0.357 e. The third kappa shape index (κ3) is 6.48. The van der Waals surface area contributed by atoms with Gasteiger partial charge in [0.05, 0.1) is 11.4 Å². The molecule has 0 aromatic heterocycles. The van der Waals surface area contributed by atoms with E-state index in [2.05, 4.69) is 20.5 Å². The molecule has 2 N–H and O–H groups in total. The molecule has 0 atom stereocenters. The van der Waals surface area contributed by atoms with Crippen molar-refractivity contribution in [2.75, 3.05) is 46.8 Å². The summed E-state index contributed by atoms with van der Waals surface area (Å²) in [5.41, 5.74) is 0.694. The predicted molar refractivity (Wildman–Crippen MR) is 110 cm³/mol. The fourth-order valence-corrected chi connectivity index (χ4v) is 4.21. The molecule has 8 heteroatoms. The Morgan fingerprint density at radius 1 is 1.15 bits per heavy atom. The van der Waals surface area contributed by atoms with Crippen molar-refractivity contribution in [2.24, 2.45) is 4.99 Å². The zero-order valence-electron chi connectivity index (χ0n) is 16.7. The van der Waals surface area contributed by atoms with Crippen LogP contribution < -0.4 is 10.6 Å². The number of nitrogens with zero attached hydrogens (tertiary/aromatic N) is 3. The quantitative estimate of drug-likeness (QED) is 0.515. The molecule has 0 spiro atoms. The fraction of sp³-hybridized carbons (Fsp3) is 0.632. The monoisotopic (exact) mass is 395 g/mol. The Morgan fingerprint density at radius 2 is 1.85 bits per heavy atom. The molecule has 1 aliphatic rings. The second-order valence-corrected chi connectivity index (χ2v) is 9.04. The average molecular weight is 396 g/mol. The SMILES string of the molecule is CCNC(=NCc1ccccc1S(=O)(=O)N(C)C)NCCN1CCCCC1. The molecule has 1 aliphatic heterocycles. The Kier molecular flexibility index (Phi) is 8.53. The molecule has 7 nitrogen and oxygen atoms in total. The molecule has 2 rings (SSSR count). The van der Waals surface area contributed by atoms with Crippen LogP contribution in [0.5, 0.6) is 0 Å². The van der Waals surface area contributed by atoms with E-state index in [0.717, 1.165) is 19.6 Å². The van der Waals surface area contributed by atoms with Crippen LogP contribution in [-0.2, 0) is 16.6 Å². The van der Waals surface area contributed by atoms with Crippen molar-refractivity contribution in [1.82, 2.24) is 19.8 Å². The zero-order valence-corrected chi connectivity index (χ0v) is 17.6. The van der Waals surface area contributed by atoms with Gasteiger partial charge in [0.2, 0.25) is 10.0 Å². The lowest BCUT2D eigenvalue weighted by molar-refractivity contribution is 0.232. The molecule has 27 heavy (non-hydrogen) atoms. The van der Waals surface area contributed by atoms with Gasteiger partial charge in [-0.05, 0) is 44.5 Å². The molecule has 1 fully saturated rings. The highest BCUT2D eigenvalue weighted by atomic mass is 32.2. The number of sulfonamides is 1. The molecule has 0 aliphatic carbocycles. The second kappa shape index (κ2) is 10.6. The number of hydrogen-bond donors (Lipinski definition) is 2. The first-order valence-corrected chi connectivity index (χ1v) is 11.1. The summed E-state index contributed by atoms with van der Waals surface area (Å²) in [4.78, 5) is 7.37. The standard InChI is InChI=1S/C19H33N5O2S/c1-4-20-19(21-12-15-24-13-8-5-9-14-24)22-16-17-10-6-7-11-18(17)27(25,26)23(2)3/h6-7,10-11H,4-5,8-9,12-16H2,1-3H3,(H2,20,21,22). The molecule has 152 valence electrons. The van der Waals surface area contributed by atoms with Crippen LogP contribution in [-0.4, -0.2) is 70.4 Å². The summed E-state index contributed by atoms with van der Waals surface area (Å²) in [5, 5.41) is 6.59. The van der Waals surface area contributed by atoms with E-state index in [1.165, 1.54) is 36.7 Å². The van der Waals surface area contributed by atoms with Crippen LogP contribution in [0.25, 0.3) is 0 Å². The number of guanidine groups is 1. The Morgan fingerprint density at radius 3 is 2.52 bits per heavy atom. The lowest BCUT2D eigenvalue weighted by Crippen LogP contribution is -2.42. The van der Waals surface area contributed by atoms with E-state index in [9.17, 15) is 8.42 Å². The van der Waals surface area contributed by atoms with Gasteiger partial charge in [0.1, 0.15) is 0 Å². The third-order valence-electron chi connectivity index (χ3n) is 4.65. The van der Waals surface area contributed by atoms with Crippen LogP contribution in [0.15, 0.2) is 34.2 Å². The zero-order chi connectivity index (χ0) is 19.7. The maximum Gasteiger partial charge on any atom is 0.242 e. The van der Waals surface area contributed by atoms with Gasteiger partial charge in [0, 0.05) is 33.7 Å². The maximum absolute atomic E-state index is 12.5. The average Bonchev–Trinajstić information content (AvgIpc) is 2.67. The first-order valence-electron chi connectivity index (χ1n) is 9.70. The maximum atomic E-state index is 12.5. The summed E-state index contributed by atoms with van der Waals surface area (Å²) >= 11 is 0. The van der Waals surface area contributed by atoms with Crippen LogP contribution in [0, 0.1) is 0 Å². The third-order valence-corrected chi connectivity index (χ3v) is 6.57. The summed E-state index contributed by atoms with van der Waals surface area (Å²) < 4.78 is 26.3. The van der Waals surface area contributed by atoms with E-state index in [1.807, 2.05) is 19.1 Å². The van der Waals surface area contributed by atoms with Gasteiger partial charge in [-0.2, -0.15) is 0 Å². The predicted octanol–water partition coefficient (Wildman–Crippen LogP) is 1.48. The lowest BCUT2D eigenvalue weighted by Gasteiger charge is -2.26. The van der Waals surface area contributed by atoms with Crippen LogP contribution in [0.2, 0.25) is 0 Å². The van der Waals surface area contributed by atoms with Crippen molar-refractivity contribution in [2.45, 2.75) is 37.6 Å². The highest BCUT2D eigenvalue weighted by molar-refractivity contribution is 7.89. The number of piperidine rings is 1. The van der Waals surface area contributed by atoms with Gasteiger partial charge in [0.25, 0.3) is 0 Å². The second-order valence-electron chi connectivity index (χ2n) is 6.92. The number of aliphatic imine (C=N–C) groups is 1.